The van der Waals surface area contributed by atoms with Crippen molar-refractivity contribution in [2.75, 3.05) is 0 Å². The maximum atomic E-state index is 10.7. The van der Waals surface area contributed by atoms with Crippen LogP contribution in [0.5, 0.6) is 0 Å². The molecule has 0 spiro atoms. The van der Waals surface area contributed by atoms with Crippen LogP contribution in [0.1, 0.15) is 10.4 Å². The van der Waals surface area contributed by atoms with E-state index < -0.39 is 0 Å². The summed E-state index contributed by atoms with van der Waals surface area (Å²) in [7, 11) is 0. The van der Waals surface area contributed by atoms with E-state index in [1.165, 1.54) is 27.7 Å². The normalized spacial score (nSPS) is 10.9. The van der Waals surface area contributed by atoms with E-state index in [9.17, 15) is 10.1 Å². The molecule has 0 unspecified atom stereocenters. The molecule has 3 rings (SSSR count). The zero-order valence-corrected chi connectivity index (χ0v) is 12.1. The first-order valence-corrected chi connectivity index (χ1v) is 7.46. The Morgan fingerprint density at radius 2 is 1.81 bits per heavy atom. The Balaban J connectivity index is 1.68. The average molecular weight is 298 g/mol. The molecule has 0 aliphatic carbocycles. The molecule has 5 heteroatoms. The predicted molar refractivity (Wildman–Crippen MR) is 85.5 cm³/mol. The van der Waals surface area contributed by atoms with Crippen LogP contribution in [0.3, 0.4) is 0 Å². The quantitative estimate of drug-likeness (QED) is 0.570. The lowest BCUT2D eigenvalue weighted by molar-refractivity contribution is -0.380. The maximum Gasteiger partial charge on any atom is 0.324 e. The minimum Gasteiger partial charge on any atom is -0.308 e. The number of rotatable bonds is 5. The van der Waals surface area contributed by atoms with Crippen LogP contribution in [-0.4, -0.2) is 4.92 Å². The van der Waals surface area contributed by atoms with Crippen molar-refractivity contribution in [3.05, 3.63) is 75.2 Å². The first kappa shape index (κ1) is 13.7. The van der Waals surface area contributed by atoms with Crippen molar-refractivity contribution in [2.24, 2.45) is 0 Å². The molecule has 0 bridgehead atoms. The highest BCUT2D eigenvalue weighted by Crippen LogP contribution is 2.24. The summed E-state index contributed by atoms with van der Waals surface area (Å²) in [6.07, 6.45) is 0. The second-order valence-electron chi connectivity index (χ2n) is 4.74. The molecule has 106 valence electrons. The van der Waals surface area contributed by atoms with E-state index in [0.717, 1.165) is 11.4 Å². The average Bonchev–Trinajstić information content (AvgIpc) is 2.97. The minimum absolute atomic E-state index is 0.192. The molecule has 1 heterocycles. The Hall–Kier alpha value is -2.24. The smallest absolute Gasteiger partial charge is 0.308 e. The highest BCUT2D eigenvalue weighted by molar-refractivity contribution is 7.15. The fourth-order valence-electron chi connectivity index (χ4n) is 2.33. The number of hydrogen-bond donors (Lipinski definition) is 1. The van der Waals surface area contributed by atoms with Crippen LogP contribution in [0.15, 0.2) is 54.6 Å². The lowest BCUT2D eigenvalue weighted by Gasteiger charge is -2.07. The molecule has 3 aromatic rings. The largest absolute Gasteiger partial charge is 0.324 e. The first-order chi connectivity index (χ1) is 10.2. The third-order valence-corrected chi connectivity index (χ3v) is 4.36. The number of hydrogen-bond acceptors (Lipinski definition) is 4. The van der Waals surface area contributed by atoms with Gasteiger partial charge in [-0.1, -0.05) is 53.8 Å². The van der Waals surface area contributed by atoms with Gasteiger partial charge in [-0.15, -0.1) is 0 Å². The highest BCUT2D eigenvalue weighted by Gasteiger charge is 2.09. The van der Waals surface area contributed by atoms with Gasteiger partial charge in [0.15, 0.2) is 0 Å². The Labute approximate surface area is 126 Å². The molecule has 0 saturated heterocycles. The van der Waals surface area contributed by atoms with Gasteiger partial charge in [-0.25, -0.2) is 0 Å². The minimum atomic E-state index is -0.348. The molecule has 0 atom stereocenters. The lowest BCUT2D eigenvalue weighted by Crippen LogP contribution is -2.11. The lowest BCUT2D eigenvalue weighted by atomic mass is 10.0. The van der Waals surface area contributed by atoms with Crippen molar-refractivity contribution < 1.29 is 4.92 Å². The molecule has 0 amide bonds. The number of fused-ring (bicyclic) bond motifs is 1. The van der Waals surface area contributed by atoms with Gasteiger partial charge in [0.05, 0.1) is 4.92 Å². The molecule has 21 heavy (non-hydrogen) atoms. The van der Waals surface area contributed by atoms with Crippen LogP contribution in [0, 0.1) is 10.1 Å². The van der Waals surface area contributed by atoms with Gasteiger partial charge in [0.2, 0.25) is 0 Å². The molecule has 4 nitrogen and oxygen atoms in total. The molecule has 0 aliphatic rings. The summed E-state index contributed by atoms with van der Waals surface area (Å²) >= 11 is 1.22. The molecular weight excluding hydrogens is 284 g/mol. The van der Waals surface area contributed by atoms with E-state index in [4.69, 9.17) is 0 Å². The molecule has 0 saturated carbocycles. The van der Waals surface area contributed by atoms with Gasteiger partial charge in [-0.2, -0.15) is 0 Å². The second kappa shape index (κ2) is 6.03. The topological polar surface area (TPSA) is 55.2 Å². The molecule has 1 aromatic heterocycles. The zero-order valence-electron chi connectivity index (χ0n) is 11.3. The van der Waals surface area contributed by atoms with E-state index in [2.05, 4.69) is 35.6 Å². The van der Waals surface area contributed by atoms with Crippen LogP contribution in [0.25, 0.3) is 10.8 Å². The zero-order chi connectivity index (χ0) is 14.7. The highest BCUT2D eigenvalue weighted by atomic mass is 32.1. The van der Waals surface area contributed by atoms with Gasteiger partial charge in [0.25, 0.3) is 0 Å². The third-order valence-electron chi connectivity index (χ3n) is 3.32. The molecule has 0 fully saturated rings. The van der Waals surface area contributed by atoms with Crippen LogP contribution < -0.4 is 5.32 Å². The number of nitrogens with one attached hydrogen (secondary N) is 1. The first-order valence-electron chi connectivity index (χ1n) is 6.64. The van der Waals surface area contributed by atoms with E-state index in [1.54, 1.807) is 12.1 Å². The number of nitrogens with zero attached hydrogens (tertiary/aromatic N) is 1. The van der Waals surface area contributed by atoms with Gasteiger partial charge in [0.1, 0.15) is 0 Å². The van der Waals surface area contributed by atoms with E-state index in [1.807, 2.05) is 12.1 Å². The van der Waals surface area contributed by atoms with E-state index in [0.29, 0.717) is 6.54 Å². The van der Waals surface area contributed by atoms with Crippen molar-refractivity contribution >= 4 is 27.1 Å². The molecular formula is C16H14N2O2S. The van der Waals surface area contributed by atoms with Gasteiger partial charge < -0.3 is 5.32 Å². The molecule has 1 N–H and O–H groups in total. The summed E-state index contributed by atoms with van der Waals surface area (Å²) in [5.41, 5.74) is 1.24. The summed E-state index contributed by atoms with van der Waals surface area (Å²) < 4.78 is 0. The Kier molecular flexibility index (Phi) is 3.94. The summed E-state index contributed by atoms with van der Waals surface area (Å²) in [6.45, 7) is 1.38. The fraction of sp³-hybridized carbons (Fsp3) is 0.125. The van der Waals surface area contributed by atoms with Crippen molar-refractivity contribution in [3.63, 3.8) is 0 Å². The third kappa shape index (κ3) is 3.09. The molecule has 0 aliphatic heterocycles. The second-order valence-corrected chi connectivity index (χ2v) is 5.89. The van der Waals surface area contributed by atoms with Crippen LogP contribution in [0.4, 0.5) is 5.00 Å². The molecule has 2 aromatic carbocycles. The Bertz CT molecular complexity index is 777. The van der Waals surface area contributed by atoms with E-state index in [-0.39, 0.29) is 9.92 Å². The number of benzene rings is 2. The van der Waals surface area contributed by atoms with Crippen molar-refractivity contribution in [2.45, 2.75) is 13.1 Å². The van der Waals surface area contributed by atoms with Crippen molar-refractivity contribution in [1.29, 1.82) is 0 Å². The maximum absolute atomic E-state index is 10.7. The standard InChI is InChI=1S/C16H14N2O2S/c19-18(20)16-9-8-14(21-16)11-17-10-13-6-3-5-12-4-1-2-7-15(12)13/h1-9,17H,10-11H2. The van der Waals surface area contributed by atoms with Gasteiger partial charge >= 0.3 is 5.00 Å². The van der Waals surface area contributed by atoms with Crippen molar-refractivity contribution in [1.82, 2.24) is 5.32 Å². The summed E-state index contributed by atoms with van der Waals surface area (Å²) in [5.74, 6) is 0. The fourth-order valence-corrected chi connectivity index (χ4v) is 3.12. The number of thiophene rings is 1. The number of nitro groups is 1. The SMILES string of the molecule is O=[N+]([O-])c1ccc(CNCc2cccc3ccccc23)s1. The van der Waals surface area contributed by atoms with Crippen LogP contribution >= 0.6 is 11.3 Å². The van der Waals surface area contributed by atoms with Crippen LogP contribution in [-0.2, 0) is 13.1 Å². The molecule has 0 radical (unpaired) electrons. The summed E-state index contributed by atoms with van der Waals surface area (Å²) in [5, 5.41) is 16.7. The monoisotopic (exact) mass is 298 g/mol. The Morgan fingerprint density at radius 1 is 1.00 bits per heavy atom. The Morgan fingerprint density at radius 3 is 2.62 bits per heavy atom. The van der Waals surface area contributed by atoms with Gasteiger partial charge in [0, 0.05) is 24.0 Å². The summed E-state index contributed by atoms with van der Waals surface area (Å²) in [6, 6.07) is 17.9. The van der Waals surface area contributed by atoms with Crippen LogP contribution in [0.2, 0.25) is 0 Å². The summed E-state index contributed by atoms with van der Waals surface area (Å²) in [4.78, 5) is 11.3. The van der Waals surface area contributed by atoms with Gasteiger partial charge in [-0.05, 0) is 22.4 Å². The van der Waals surface area contributed by atoms with Crippen molar-refractivity contribution in [3.8, 4) is 0 Å². The predicted octanol–water partition coefficient (Wildman–Crippen LogP) is 4.10. The van der Waals surface area contributed by atoms with Gasteiger partial charge in [-0.3, -0.25) is 10.1 Å². The van der Waals surface area contributed by atoms with E-state index >= 15 is 0 Å².